The Labute approximate surface area is 187 Å². The molecule has 0 aromatic heterocycles. The fourth-order valence-corrected chi connectivity index (χ4v) is 4.00. The van der Waals surface area contributed by atoms with Crippen molar-refractivity contribution in [3.63, 3.8) is 0 Å². The van der Waals surface area contributed by atoms with Gasteiger partial charge in [-0.1, -0.05) is 0 Å². The van der Waals surface area contributed by atoms with Gasteiger partial charge in [0.1, 0.15) is 25.1 Å². The maximum atomic E-state index is 13.2. The Bertz CT molecular complexity index is 832. The van der Waals surface area contributed by atoms with Gasteiger partial charge in [-0.25, -0.2) is 0 Å². The van der Waals surface area contributed by atoms with Gasteiger partial charge in [-0.3, -0.25) is 14.4 Å². The average molecular weight is 450 g/mol. The van der Waals surface area contributed by atoms with Crippen LogP contribution in [0.25, 0.3) is 0 Å². The molecule has 10 heteroatoms. The lowest BCUT2D eigenvalue weighted by Crippen LogP contribution is -2.54. The van der Waals surface area contributed by atoms with Crippen LogP contribution in [0.5, 0.6) is 5.75 Å². The maximum absolute atomic E-state index is 13.2. The number of nitrogens with zero attached hydrogens (tertiary/aromatic N) is 1. The van der Waals surface area contributed by atoms with Crippen molar-refractivity contribution in [2.75, 3.05) is 52.9 Å². The minimum Gasteiger partial charge on any atom is -0.490 e. The predicted octanol–water partition coefficient (Wildman–Crippen LogP) is 0.805. The molecule has 2 heterocycles. The Kier molecular flexibility index (Phi) is 8.43. The van der Waals surface area contributed by atoms with E-state index in [1.165, 1.54) is 7.11 Å². The molecule has 0 spiro atoms. The molecular weight excluding hydrogens is 418 g/mol. The van der Waals surface area contributed by atoms with Crippen LogP contribution in [-0.4, -0.2) is 88.5 Å². The number of benzene rings is 1. The first kappa shape index (κ1) is 24.0. The number of rotatable bonds is 8. The van der Waals surface area contributed by atoms with E-state index in [-0.39, 0.29) is 55.6 Å². The quantitative estimate of drug-likeness (QED) is 0.564. The summed E-state index contributed by atoms with van der Waals surface area (Å²) >= 11 is 0. The summed E-state index contributed by atoms with van der Waals surface area (Å²) in [6, 6.07) is 4.77. The molecule has 3 atom stereocenters. The number of carbonyl (C=O) groups is 3. The number of anilines is 1. The molecule has 0 bridgehead atoms. The van der Waals surface area contributed by atoms with Gasteiger partial charge in [0.15, 0.2) is 0 Å². The molecule has 2 N–H and O–H groups in total. The van der Waals surface area contributed by atoms with Gasteiger partial charge in [-0.15, -0.1) is 0 Å². The first-order chi connectivity index (χ1) is 15.4. The second-order valence-electron chi connectivity index (χ2n) is 7.91. The molecule has 3 rings (SSSR count). The van der Waals surface area contributed by atoms with E-state index in [9.17, 15) is 14.4 Å². The highest BCUT2D eigenvalue weighted by molar-refractivity contribution is 6.00. The van der Waals surface area contributed by atoms with E-state index >= 15 is 0 Å². The smallest absolute Gasteiger partial charge is 0.257 e. The SMILES string of the molecule is COCCNC(=O)C[C@@H]1CC[C@@H]2[C@@H](COc3ccc(NC(=O)COC)cc3C(=O)N2C)O1. The topological polar surface area (TPSA) is 115 Å². The number of ether oxygens (including phenoxy) is 4. The van der Waals surface area contributed by atoms with Crippen molar-refractivity contribution in [1.29, 1.82) is 0 Å². The van der Waals surface area contributed by atoms with Crippen molar-refractivity contribution in [1.82, 2.24) is 10.2 Å². The Morgan fingerprint density at radius 1 is 1.19 bits per heavy atom. The second-order valence-corrected chi connectivity index (χ2v) is 7.91. The van der Waals surface area contributed by atoms with Gasteiger partial charge < -0.3 is 34.5 Å². The number of hydrogen-bond acceptors (Lipinski definition) is 7. The van der Waals surface area contributed by atoms with E-state index in [0.717, 1.165) is 0 Å². The highest BCUT2D eigenvalue weighted by atomic mass is 16.5. The minimum absolute atomic E-state index is 0.0753. The lowest BCUT2D eigenvalue weighted by atomic mass is 9.94. The molecule has 1 aromatic rings. The van der Waals surface area contributed by atoms with Gasteiger partial charge in [0.25, 0.3) is 5.91 Å². The molecule has 2 aliphatic rings. The van der Waals surface area contributed by atoms with E-state index < -0.39 is 0 Å². The molecule has 0 aliphatic carbocycles. The first-order valence-corrected chi connectivity index (χ1v) is 10.7. The van der Waals surface area contributed by atoms with Gasteiger partial charge in [0.05, 0.1) is 30.7 Å². The van der Waals surface area contributed by atoms with E-state index in [2.05, 4.69) is 10.6 Å². The van der Waals surface area contributed by atoms with Crippen LogP contribution in [0.15, 0.2) is 18.2 Å². The Hall–Kier alpha value is -2.69. The molecule has 10 nitrogen and oxygen atoms in total. The summed E-state index contributed by atoms with van der Waals surface area (Å²) in [5.74, 6) is -0.182. The van der Waals surface area contributed by atoms with Gasteiger partial charge in [-0.2, -0.15) is 0 Å². The van der Waals surface area contributed by atoms with Gasteiger partial charge in [0.2, 0.25) is 11.8 Å². The van der Waals surface area contributed by atoms with Crippen molar-refractivity contribution in [3.05, 3.63) is 23.8 Å². The summed E-state index contributed by atoms with van der Waals surface area (Å²) < 4.78 is 21.9. The third-order valence-electron chi connectivity index (χ3n) is 5.61. The number of carbonyl (C=O) groups excluding carboxylic acids is 3. The standard InChI is InChI=1S/C22H31N3O7/c1-25-17-6-5-15(11-20(26)23-8-9-29-2)32-19(17)12-31-18-7-4-14(10-16(18)22(25)28)24-21(27)13-30-3/h4,7,10,15,17,19H,5-6,8-9,11-13H2,1-3H3,(H,23,26)(H,24,27)/t15-,17+,19+/m0/s1. The summed E-state index contributed by atoms with van der Waals surface area (Å²) in [7, 11) is 4.76. The zero-order valence-electron chi connectivity index (χ0n) is 18.7. The number of likely N-dealkylation sites (N-methyl/N-ethyl adjacent to an activating group) is 1. The van der Waals surface area contributed by atoms with E-state index in [1.807, 2.05) is 0 Å². The fourth-order valence-electron chi connectivity index (χ4n) is 4.00. The maximum Gasteiger partial charge on any atom is 0.257 e. The molecule has 0 unspecified atom stereocenters. The Morgan fingerprint density at radius 2 is 2.00 bits per heavy atom. The largest absolute Gasteiger partial charge is 0.490 e. The van der Waals surface area contributed by atoms with E-state index in [0.29, 0.717) is 43.0 Å². The highest BCUT2D eigenvalue weighted by Gasteiger charge is 2.39. The van der Waals surface area contributed by atoms with Crippen molar-refractivity contribution in [2.24, 2.45) is 0 Å². The molecule has 2 aliphatic heterocycles. The van der Waals surface area contributed by atoms with E-state index in [1.54, 1.807) is 37.3 Å². The van der Waals surface area contributed by atoms with Crippen LogP contribution in [-0.2, 0) is 23.8 Å². The molecular formula is C22H31N3O7. The number of methoxy groups -OCH3 is 2. The molecule has 32 heavy (non-hydrogen) atoms. The number of fused-ring (bicyclic) bond motifs is 2. The molecule has 1 saturated heterocycles. The van der Waals surface area contributed by atoms with Crippen LogP contribution in [0.4, 0.5) is 5.69 Å². The van der Waals surface area contributed by atoms with Gasteiger partial charge in [-0.05, 0) is 31.0 Å². The van der Waals surface area contributed by atoms with Gasteiger partial charge >= 0.3 is 0 Å². The number of hydrogen-bond donors (Lipinski definition) is 2. The highest BCUT2D eigenvalue weighted by Crippen LogP contribution is 2.32. The number of nitrogens with one attached hydrogen (secondary N) is 2. The van der Waals surface area contributed by atoms with Crippen LogP contribution in [0, 0.1) is 0 Å². The lowest BCUT2D eigenvalue weighted by Gasteiger charge is -2.42. The summed E-state index contributed by atoms with van der Waals surface area (Å²) in [6.45, 7) is 1.10. The van der Waals surface area contributed by atoms with Crippen LogP contribution in [0.2, 0.25) is 0 Å². The normalized spacial score (nSPS) is 22.7. The second kappa shape index (κ2) is 11.3. The molecule has 3 amide bonds. The van der Waals surface area contributed by atoms with Gasteiger partial charge in [0, 0.05) is 33.5 Å². The lowest BCUT2D eigenvalue weighted by molar-refractivity contribution is -0.134. The zero-order chi connectivity index (χ0) is 23.1. The summed E-state index contributed by atoms with van der Waals surface area (Å²) in [4.78, 5) is 38.8. The predicted molar refractivity (Wildman–Crippen MR) is 116 cm³/mol. The Balaban J connectivity index is 1.67. The monoisotopic (exact) mass is 449 g/mol. The fraction of sp³-hybridized carbons (Fsp3) is 0.591. The van der Waals surface area contributed by atoms with Crippen LogP contribution in [0.3, 0.4) is 0 Å². The molecule has 1 aromatic carbocycles. The molecule has 176 valence electrons. The Morgan fingerprint density at radius 3 is 2.75 bits per heavy atom. The van der Waals surface area contributed by atoms with Crippen molar-refractivity contribution >= 4 is 23.4 Å². The zero-order valence-corrected chi connectivity index (χ0v) is 18.7. The summed E-state index contributed by atoms with van der Waals surface area (Å²) in [5.41, 5.74) is 0.869. The first-order valence-electron chi connectivity index (χ1n) is 10.7. The minimum atomic E-state index is -0.344. The van der Waals surface area contributed by atoms with Crippen LogP contribution in [0.1, 0.15) is 29.6 Å². The third-order valence-corrected chi connectivity index (χ3v) is 5.61. The summed E-state index contributed by atoms with van der Waals surface area (Å²) in [6.07, 6.45) is 1.04. The van der Waals surface area contributed by atoms with Crippen LogP contribution < -0.4 is 15.4 Å². The molecule has 0 radical (unpaired) electrons. The van der Waals surface area contributed by atoms with Crippen molar-refractivity contribution in [2.45, 2.75) is 37.5 Å². The third kappa shape index (κ3) is 5.96. The van der Waals surface area contributed by atoms with Crippen molar-refractivity contribution in [3.8, 4) is 5.75 Å². The van der Waals surface area contributed by atoms with Crippen molar-refractivity contribution < 1.29 is 33.3 Å². The van der Waals surface area contributed by atoms with E-state index in [4.69, 9.17) is 18.9 Å². The van der Waals surface area contributed by atoms with Crippen LogP contribution >= 0.6 is 0 Å². The average Bonchev–Trinajstić information content (AvgIpc) is 2.77. The molecule has 1 fully saturated rings. The summed E-state index contributed by atoms with van der Waals surface area (Å²) in [5, 5.41) is 5.51. The number of amides is 3. The molecule has 0 saturated carbocycles.